The number of rotatable bonds is 12. The lowest BCUT2D eigenvalue weighted by Gasteiger charge is -2.33. The minimum Gasteiger partial charge on any atom is -0.436 e. The van der Waals surface area contributed by atoms with E-state index in [1.54, 1.807) is 12.1 Å². The molecule has 248 valence electrons. The van der Waals surface area contributed by atoms with Crippen LogP contribution in [-0.2, 0) is 19.1 Å². The zero-order chi connectivity index (χ0) is 32.5. The predicted molar refractivity (Wildman–Crippen MR) is 179 cm³/mol. The highest BCUT2D eigenvalue weighted by molar-refractivity contribution is 6.31. The Morgan fingerprint density at radius 3 is 2.17 bits per heavy atom. The summed E-state index contributed by atoms with van der Waals surface area (Å²) in [5, 5.41) is 10.0. The van der Waals surface area contributed by atoms with Crippen LogP contribution in [0.15, 0.2) is 48.5 Å². The molecule has 0 unspecified atom stereocenters. The van der Waals surface area contributed by atoms with Crippen molar-refractivity contribution in [1.29, 1.82) is 0 Å². The summed E-state index contributed by atoms with van der Waals surface area (Å²) in [6.07, 6.45) is 10.7. The number of carbonyl (C=O) groups excluding carboxylic acids is 4. The van der Waals surface area contributed by atoms with E-state index in [2.05, 4.69) is 16.0 Å². The second-order valence-corrected chi connectivity index (χ2v) is 14.3. The molecule has 3 atom stereocenters. The molecule has 46 heavy (non-hydrogen) atoms. The Morgan fingerprint density at radius 1 is 0.935 bits per heavy atom. The number of alkyl carbamates (subject to hydrolysis) is 1. The average molecular weight is 671 g/mol. The maximum Gasteiger partial charge on any atom is 0.407 e. The minimum atomic E-state index is -1.07. The van der Waals surface area contributed by atoms with Gasteiger partial charge in [0.15, 0.2) is 6.10 Å². The van der Waals surface area contributed by atoms with Crippen LogP contribution in [0.25, 0.3) is 0 Å². The van der Waals surface area contributed by atoms with Crippen LogP contribution in [-0.4, -0.2) is 48.4 Å². The fraction of sp³-hybridized carbons (Fsp3) is 0.556. The number of ether oxygens (including phenoxy) is 1. The number of halogens is 2. The molecule has 1 spiro atoms. The normalized spacial score (nSPS) is 20.9. The van der Waals surface area contributed by atoms with Crippen molar-refractivity contribution in [2.75, 3.05) is 6.54 Å². The summed E-state index contributed by atoms with van der Waals surface area (Å²) in [6.45, 7) is 0.187. The van der Waals surface area contributed by atoms with Gasteiger partial charge in [0.25, 0.3) is 5.91 Å². The summed E-state index contributed by atoms with van der Waals surface area (Å²) in [7, 11) is 0. The van der Waals surface area contributed by atoms with Crippen molar-refractivity contribution in [1.82, 2.24) is 16.0 Å². The fourth-order valence-electron chi connectivity index (χ4n) is 7.62. The number of nitrogens with one attached hydrogen (secondary N) is 3. The van der Waals surface area contributed by atoms with E-state index < -0.39 is 24.1 Å². The molecule has 0 radical (unpaired) electrons. The molecule has 1 saturated heterocycles. The van der Waals surface area contributed by atoms with Crippen LogP contribution in [0.4, 0.5) is 4.79 Å². The van der Waals surface area contributed by atoms with E-state index in [0.717, 1.165) is 68.9 Å². The number of aldehydes is 1. The topological polar surface area (TPSA) is 114 Å². The van der Waals surface area contributed by atoms with Gasteiger partial charge in [-0.2, -0.15) is 0 Å². The lowest BCUT2D eigenvalue weighted by Crippen LogP contribution is -2.47. The van der Waals surface area contributed by atoms with Gasteiger partial charge in [0.1, 0.15) is 6.29 Å². The Bertz CT molecular complexity index is 1330. The first-order chi connectivity index (χ1) is 22.2. The summed E-state index contributed by atoms with van der Waals surface area (Å²) >= 11 is 12.6. The molecule has 2 aromatic rings. The van der Waals surface area contributed by atoms with Gasteiger partial charge in [-0.3, -0.25) is 9.59 Å². The van der Waals surface area contributed by atoms with E-state index in [9.17, 15) is 19.2 Å². The molecule has 0 bridgehead atoms. The minimum absolute atomic E-state index is 0.0497. The molecule has 3 amide bonds. The largest absolute Gasteiger partial charge is 0.436 e. The summed E-state index contributed by atoms with van der Waals surface area (Å²) in [4.78, 5) is 51.9. The van der Waals surface area contributed by atoms with Crippen molar-refractivity contribution >= 4 is 47.4 Å². The Balaban J connectivity index is 1.24. The standard InChI is InChI=1S/C36H45Cl2N3O5/c37-28-13-7-11-25(18-28)31(26-12-8-14-29(38)19-26)22-39-35(45)46-32(17-24-9-3-1-4-10-24)34(44)40-30(23-42)20-27-21-36(41-33(27)43)15-5-2-6-16-36/h7-8,11-14,18-19,23-24,27,30-32H,1-6,9-10,15-17,20-22H2,(H,39,45)(H,40,44)(H,41,43)/t27-,30-,32-/m0/s1. The SMILES string of the molecule is O=C[C@H](C[C@H]1CC2(CCCCC2)NC1=O)NC(=O)[C@H](CC1CCCCC1)OC(=O)NCC(c1cccc(Cl)c1)c1cccc(Cl)c1. The van der Waals surface area contributed by atoms with Gasteiger partial charge in [0.2, 0.25) is 5.91 Å². The fourth-order valence-corrected chi connectivity index (χ4v) is 8.02. The van der Waals surface area contributed by atoms with Crippen LogP contribution in [0.2, 0.25) is 10.0 Å². The first-order valence-corrected chi connectivity index (χ1v) is 17.5. The highest BCUT2D eigenvalue weighted by Crippen LogP contribution is 2.39. The lowest BCUT2D eigenvalue weighted by atomic mass is 9.78. The highest BCUT2D eigenvalue weighted by atomic mass is 35.5. The second-order valence-electron chi connectivity index (χ2n) is 13.4. The van der Waals surface area contributed by atoms with E-state index >= 15 is 0 Å². The number of amides is 3. The van der Waals surface area contributed by atoms with Gasteiger partial charge in [-0.15, -0.1) is 0 Å². The first-order valence-electron chi connectivity index (χ1n) is 16.8. The molecule has 2 saturated carbocycles. The zero-order valence-corrected chi connectivity index (χ0v) is 27.8. The molecule has 1 aliphatic heterocycles. The van der Waals surface area contributed by atoms with E-state index in [-0.39, 0.29) is 42.2 Å². The van der Waals surface area contributed by atoms with Gasteiger partial charge in [0.05, 0.1) is 6.04 Å². The molecular weight excluding hydrogens is 625 g/mol. The summed E-state index contributed by atoms with van der Waals surface area (Å²) in [6, 6.07) is 14.0. The van der Waals surface area contributed by atoms with Gasteiger partial charge in [-0.05, 0) is 73.4 Å². The number of hydrogen-bond acceptors (Lipinski definition) is 5. The van der Waals surface area contributed by atoms with Gasteiger partial charge in [-0.1, -0.05) is 98.8 Å². The van der Waals surface area contributed by atoms with Gasteiger partial charge in [0, 0.05) is 34.0 Å². The molecule has 2 aromatic carbocycles. The van der Waals surface area contributed by atoms with E-state index in [0.29, 0.717) is 29.2 Å². The van der Waals surface area contributed by atoms with Gasteiger partial charge in [-0.25, -0.2) is 4.79 Å². The predicted octanol–water partition coefficient (Wildman–Crippen LogP) is 7.10. The molecule has 5 rings (SSSR count). The molecule has 2 aliphatic carbocycles. The first kappa shape index (κ1) is 34.2. The third-order valence-corrected chi connectivity index (χ3v) is 10.5. The summed E-state index contributed by atoms with van der Waals surface area (Å²) in [5.74, 6) is -0.926. The molecule has 3 N–H and O–H groups in total. The molecule has 8 nitrogen and oxygen atoms in total. The number of benzene rings is 2. The maximum absolute atomic E-state index is 13.6. The monoisotopic (exact) mass is 669 g/mol. The molecule has 3 fully saturated rings. The Labute approximate surface area is 281 Å². The average Bonchev–Trinajstić information content (AvgIpc) is 3.34. The van der Waals surface area contributed by atoms with Crippen LogP contribution in [0.1, 0.15) is 101 Å². The van der Waals surface area contributed by atoms with Crippen molar-refractivity contribution in [3.63, 3.8) is 0 Å². The third-order valence-electron chi connectivity index (χ3n) is 10.0. The third kappa shape index (κ3) is 9.25. The van der Waals surface area contributed by atoms with Crippen LogP contribution < -0.4 is 16.0 Å². The Hall–Kier alpha value is -3.10. The summed E-state index contributed by atoms with van der Waals surface area (Å²) in [5.41, 5.74) is 1.61. The Morgan fingerprint density at radius 2 is 1.57 bits per heavy atom. The number of hydrogen-bond donors (Lipinski definition) is 3. The van der Waals surface area contributed by atoms with Crippen LogP contribution >= 0.6 is 23.2 Å². The zero-order valence-electron chi connectivity index (χ0n) is 26.3. The van der Waals surface area contributed by atoms with E-state index in [1.807, 2.05) is 36.4 Å². The van der Waals surface area contributed by atoms with Crippen LogP contribution in [0.5, 0.6) is 0 Å². The highest BCUT2D eigenvalue weighted by Gasteiger charge is 2.45. The van der Waals surface area contributed by atoms with Gasteiger partial charge < -0.3 is 25.5 Å². The van der Waals surface area contributed by atoms with E-state index in [4.69, 9.17) is 27.9 Å². The van der Waals surface area contributed by atoms with E-state index in [1.165, 1.54) is 6.42 Å². The molecule has 1 heterocycles. The maximum atomic E-state index is 13.6. The molecule has 3 aliphatic rings. The lowest BCUT2D eigenvalue weighted by molar-refractivity contribution is -0.133. The van der Waals surface area contributed by atoms with Crippen molar-refractivity contribution in [2.24, 2.45) is 11.8 Å². The quantitative estimate of drug-likeness (QED) is 0.209. The second kappa shape index (κ2) is 16.1. The van der Waals surface area contributed by atoms with Crippen molar-refractivity contribution in [3.05, 3.63) is 69.7 Å². The van der Waals surface area contributed by atoms with Crippen molar-refractivity contribution < 1.29 is 23.9 Å². The van der Waals surface area contributed by atoms with Gasteiger partial charge >= 0.3 is 6.09 Å². The van der Waals surface area contributed by atoms with Crippen molar-refractivity contribution in [2.45, 2.75) is 107 Å². The summed E-state index contributed by atoms with van der Waals surface area (Å²) < 4.78 is 5.80. The van der Waals surface area contributed by atoms with Crippen LogP contribution in [0, 0.1) is 11.8 Å². The molecule has 0 aromatic heterocycles. The smallest absolute Gasteiger partial charge is 0.407 e. The number of carbonyl (C=O) groups is 4. The molecular formula is C36H45Cl2N3O5. The van der Waals surface area contributed by atoms with Crippen LogP contribution in [0.3, 0.4) is 0 Å². The van der Waals surface area contributed by atoms with Crippen molar-refractivity contribution in [3.8, 4) is 0 Å². The Kier molecular flexibility index (Phi) is 12.0. The molecule has 10 heteroatoms.